The van der Waals surface area contributed by atoms with Crippen LogP contribution in [0.25, 0.3) is 0 Å². The lowest BCUT2D eigenvalue weighted by Crippen LogP contribution is -2.40. The summed E-state index contributed by atoms with van der Waals surface area (Å²) in [6.45, 7) is 0.515. The molecule has 2 aromatic carbocycles. The van der Waals surface area contributed by atoms with E-state index in [1.165, 1.54) is 0 Å². The summed E-state index contributed by atoms with van der Waals surface area (Å²) in [6, 6.07) is 14.3. The largest absolute Gasteiger partial charge is 0.338 e. The molecule has 0 spiro atoms. The summed E-state index contributed by atoms with van der Waals surface area (Å²) in [6.07, 6.45) is 4.27. The smallest absolute Gasteiger partial charge is 0.315 e. The maximum atomic E-state index is 12.4. The average molecular weight is 403 g/mol. The van der Waals surface area contributed by atoms with Gasteiger partial charge in [0.05, 0.1) is 0 Å². The molecule has 7 heteroatoms. The first kappa shape index (κ1) is 19.3. The van der Waals surface area contributed by atoms with E-state index in [9.17, 15) is 4.79 Å². The van der Waals surface area contributed by atoms with Crippen molar-refractivity contribution in [2.75, 3.05) is 6.54 Å². The predicted molar refractivity (Wildman–Crippen MR) is 108 cm³/mol. The van der Waals surface area contributed by atoms with Crippen LogP contribution >= 0.6 is 23.2 Å². The Morgan fingerprint density at radius 2 is 1.70 bits per heavy atom. The number of aromatic nitrogens is 2. The van der Waals surface area contributed by atoms with Crippen LogP contribution in [0.4, 0.5) is 4.79 Å². The first-order valence-corrected chi connectivity index (χ1v) is 9.30. The Kier molecular flexibility index (Phi) is 6.37. The number of carbonyl (C=O) groups is 1. The van der Waals surface area contributed by atoms with Crippen LogP contribution in [0.15, 0.2) is 60.9 Å². The Morgan fingerprint density at radius 1 is 1.07 bits per heavy atom. The summed E-state index contributed by atoms with van der Waals surface area (Å²) in [7, 11) is 1.89. The average Bonchev–Trinajstić information content (AvgIpc) is 3.08. The van der Waals surface area contributed by atoms with Crippen molar-refractivity contribution < 1.29 is 4.79 Å². The maximum Gasteiger partial charge on any atom is 0.315 e. The molecule has 0 saturated carbocycles. The molecule has 27 heavy (non-hydrogen) atoms. The normalized spacial score (nSPS) is 11.8. The molecule has 0 aliphatic carbocycles. The third-order valence-electron chi connectivity index (χ3n) is 4.21. The highest BCUT2D eigenvalue weighted by Crippen LogP contribution is 2.22. The highest BCUT2D eigenvalue weighted by atomic mass is 35.5. The van der Waals surface area contributed by atoms with Crippen molar-refractivity contribution in [1.82, 2.24) is 20.2 Å². The number of hydrogen-bond acceptors (Lipinski definition) is 2. The van der Waals surface area contributed by atoms with E-state index in [-0.39, 0.29) is 12.1 Å². The van der Waals surface area contributed by atoms with Crippen LogP contribution in [0.3, 0.4) is 0 Å². The van der Waals surface area contributed by atoms with Crippen LogP contribution in [0.5, 0.6) is 0 Å². The number of hydrogen-bond donors (Lipinski definition) is 2. The van der Waals surface area contributed by atoms with Crippen molar-refractivity contribution in [1.29, 1.82) is 0 Å². The molecule has 3 rings (SSSR count). The van der Waals surface area contributed by atoms with Crippen molar-refractivity contribution in [3.63, 3.8) is 0 Å². The second-order valence-electron chi connectivity index (χ2n) is 6.16. The minimum Gasteiger partial charge on any atom is -0.338 e. The zero-order valence-electron chi connectivity index (χ0n) is 14.8. The number of amides is 2. The minimum atomic E-state index is -0.377. The van der Waals surface area contributed by atoms with Gasteiger partial charge in [-0.25, -0.2) is 9.78 Å². The fourth-order valence-electron chi connectivity index (χ4n) is 2.76. The van der Waals surface area contributed by atoms with Gasteiger partial charge in [0.25, 0.3) is 0 Å². The van der Waals surface area contributed by atoms with Crippen molar-refractivity contribution in [3.8, 4) is 0 Å². The number of imidazole rings is 1. The summed E-state index contributed by atoms with van der Waals surface area (Å²) >= 11 is 11.9. The highest BCUT2D eigenvalue weighted by Gasteiger charge is 2.20. The summed E-state index contributed by atoms with van der Waals surface area (Å²) in [4.78, 5) is 16.8. The lowest BCUT2D eigenvalue weighted by atomic mass is 10.1. The highest BCUT2D eigenvalue weighted by molar-refractivity contribution is 6.30. The topological polar surface area (TPSA) is 59.0 Å². The van der Waals surface area contributed by atoms with Gasteiger partial charge in [-0.1, -0.05) is 47.5 Å². The fraction of sp³-hybridized carbons (Fsp3) is 0.200. The van der Waals surface area contributed by atoms with Crippen LogP contribution in [0.2, 0.25) is 10.0 Å². The molecule has 1 heterocycles. The van der Waals surface area contributed by atoms with E-state index in [0.717, 1.165) is 23.4 Å². The molecule has 3 aromatic rings. The molecule has 2 N–H and O–H groups in total. The van der Waals surface area contributed by atoms with Crippen LogP contribution in [0.1, 0.15) is 23.0 Å². The fourth-order valence-corrected chi connectivity index (χ4v) is 3.01. The van der Waals surface area contributed by atoms with E-state index in [2.05, 4.69) is 15.6 Å². The van der Waals surface area contributed by atoms with Gasteiger partial charge in [-0.15, -0.1) is 0 Å². The predicted octanol–water partition coefficient (Wildman–Crippen LogP) is 4.36. The van der Waals surface area contributed by atoms with Gasteiger partial charge in [0.2, 0.25) is 0 Å². The number of rotatable bonds is 6. The van der Waals surface area contributed by atoms with Gasteiger partial charge in [0.1, 0.15) is 11.9 Å². The van der Waals surface area contributed by atoms with Gasteiger partial charge in [-0.3, -0.25) is 0 Å². The van der Waals surface area contributed by atoms with Crippen molar-refractivity contribution >= 4 is 29.2 Å². The molecule has 0 saturated heterocycles. The monoisotopic (exact) mass is 402 g/mol. The van der Waals surface area contributed by atoms with Crippen LogP contribution in [-0.2, 0) is 13.5 Å². The van der Waals surface area contributed by atoms with E-state index >= 15 is 0 Å². The summed E-state index contributed by atoms with van der Waals surface area (Å²) in [5.41, 5.74) is 2.01. The van der Waals surface area contributed by atoms with Crippen LogP contribution in [-0.4, -0.2) is 22.1 Å². The van der Waals surface area contributed by atoms with Gasteiger partial charge in [0, 0.05) is 36.0 Å². The van der Waals surface area contributed by atoms with E-state index in [4.69, 9.17) is 23.2 Å². The molecule has 0 aliphatic heterocycles. The van der Waals surface area contributed by atoms with Crippen molar-refractivity contribution in [3.05, 3.63) is 87.9 Å². The lowest BCUT2D eigenvalue weighted by molar-refractivity contribution is 0.238. The summed E-state index contributed by atoms with van der Waals surface area (Å²) in [5, 5.41) is 7.23. The van der Waals surface area contributed by atoms with Crippen LogP contribution in [0, 0.1) is 0 Å². The standard InChI is InChI=1S/C20H20Cl2N4O/c1-26-13-12-23-19(26)18(15-4-8-17(22)9-5-15)25-20(27)24-11-10-14-2-6-16(21)7-3-14/h2-9,12-13,18H,10-11H2,1H3,(H2,24,25,27). The van der Waals surface area contributed by atoms with Gasteiger partial charge >= 0.3 is 6.03 Å². The van der Waals surface area contributed by atoms with Crippen molar-refractivity contribution in [2.45, 2.75) is 12.5 Å². The number of nitrogens with zero attached hydrogens (tertiary/aromatic N) is 2. The van der Waals surface area contributed by atoms with E-state index in [0.29, 0.717) is 16.6 Å². The molecule has 1 aromatic heterocycles. The van der Waals surface area contributed by atoms with Gasteiger partial charge < -0.3 is 15.2 Å². The van der Waals surface area contributed by atoms with E-state index in [1.54, 1.807) is 18.3 Å². The Bertz CT molecular complexity index is 891. The SMILES string of the molecule is Cn1ccnc1C(NC(=O)NCCc1ccc(Cl)cc1)c1ccc(Cl)cc1. The number of nitrogens with one attached hydrogen (secondary N) is 2. The molecule has 1 atom stereocenters. The Labute approximate surface area is 168 Å². The second-order valence-corrected chi connectivity index (χ2v) is 7.03. The molecule has 0 fully saturated rings. The van der Waals surface area contributed by atoms with E-state index in [1.807, 2.05) is 54.2 Å². The minimum absolute atomic E-state index is 0.257. The lowest BCUT2D eigenvalue weighted by Gasteiger charge is -2.19. The number of aryl methyl sites for hydroxylation is 1. The van der Waals surface area contributed by atoms with Gasteiger partial charge in [0.15, 0.2) is 0 Å². The number of carbonyl (C=O) groups excluding carboxylic acids is 1. The molecule has 140 valence electrons. The molecular formula is C20H20Cl2N4O. The molecule has 5 nitrogen and oxygen atoms in total. The first-order chi connectivity index (χ1) is 13.0. The Balaban J connectivity index is 1.64. The molecule has 1 unspecified atom stereocenters. The number of benzene rings is 2. The summed E-state index contributed by atoms with van der Waals surface area (Å²) in [5.74, 6) is 0.741. The van der Waals surface area contributed by atoms with Crippen molar-refractivity contribution in [2.24, 2.45) is 7.05 Å². The van der Waals surface area contributed by atoms with Gasteiger partial charge in [-0.2, -0.15) is 0 Å². The van der Waals surface area contributed by atoms with Crippen LogP contribution < -0.4 is 10.6 Å². The zero-order valence-corrected chi connectivity index (χ0v) is 16.3. The molecule has 0 aliphatic rings. The zero-order chi connectivity index (χ0) is 19.2. The first-order valence-electron chi connectivity index (χ1n) is 8.54. The maximum absolute atomic E-state index is 12.4. The quantitative estimate of drug-likeness (QED) is 0.643. The Morgan fingerprint density at radius 3 is 2.30 bits per heavy atom. The molecular weight excluding hydrogens is 383 g/mol. The number of urea groups is 1. The Hall–Kier alpha value is -2.50. The second kappa shape index (κ2) is 8.93. The van der Waals surface area contributed by atoms with Gasteiger partial charge in [-0.05, 0) is 41.8 Å². The number of halogens is 2. The molecule has 2 amide bonds. The third-order valence-corrected chi connectivity index (χ3v) is 4.71. The van der Waals surface area contributed by atoms with E-state index < -0.39 is 0 Å². The molecule has 0 radical (unpaired) electrons. The summed E-state index contributed by atoms with van der Waals surface area (Å²) < 4.78 is 1.88. The third kappa shape index (κ3) is 5.25. The molecule has 0 bridgehead atoms.